The van der Waals surface area contributed by atoms with Crippen LogP contribution in [0, 0.1) is 5.92 Å². The van der Waals surface area contributed by atoms with E-state index in [0.717, 1.165) is 9.87 Å². The molecule has 4 atom stereocenters. The Morgan fingerprint density at radius 3 is 2.05 bits per heavy atom. The Morgan fingerprint density at radius 2 is 1.45 bits per heavy atom. The van der Waals surface area contributed by atoms with Crippen molar-refractivity contribution in [3.8, 4) is 0 Å². The average Bonchev–Trinajstić information content (AvgIpc) is 2.97. The number of carbonyl (C=O) groups is 4. The van der Waals surface area contributed by atoms with Gasteiger partial charge in [-0.25, -0.2) is 8.42 Å². The van der Waals surface area contributed by atoms with Gasteiger partial charge in [-0.2, -0.15) is 16.1 Å². The molecule has 1 fully saturated rings. The van der Waals surface area contributed by atoms with E-state index in [2.05, 4.69) is 21.3 Å². The summed E-state index contributed by atoms with van der Waals surface area (Å²) in [5.74, 6) is -2.42. The number of nitrogens with one attached hydrogen (secondary N) is 4. The van der Waals surface area contributed by atoms with E-state index in [4.69, 9.17) is 0 Å². The molecule has 1 aliphatic rings. The van der Waals surface area contributed by atoms with Crippen molar-refractivity contribution < 1.29 is 27.6 Å². The van der Waals surface area contributed by atoms with Crippen LogP contribution in [0.5, 0.6) is 0 Å². The number of thioether (sulfide) groups is 1. The fraction of sp³-hybridized carbons (Fsp3) is 0.484. The first kappa shape index (κ1) is 35.1. The highest BCUT2D eigenvalue weighted by Crippen LogP contribution is 2.15. The molecule has 0 spiro atoms. The third-order valence-electron chi connectivity index (χ3n) is 7.26. The molecular weight excluding hydrogens is 603 g/mol. The summed E-state index contributed by atoms with van der Waals surface area (Å²) in [5, 5.41) is 11.0. The van der Waals surface area contributed by atoms with Gasteiger partial charge < -0.3 is 21.3 Å². The largest absolute Gasteiger partial charge is 0.350 e. The van der Waals surface area contributed by atoms with E-state index in [1.54, 1.807) is 44.2 Å². The number of nitrogens with zero attached hydrogens (tertiary/aromatic N) is 1. The van der Waals surface area contributed by atoms with E-state index < -0.39 is 64.4 Å². The third kappa shape index (κ3) is 10.6. The zero-order valence-electron chi connectivity index (χ0n) is 25.6. The molecule has 11 nitrogen and oxygen atoms in total. The van der Waals surface area contributed by atoms with Crippen molar-refractivity contribution in [2.45, 2.75) is 63.5 Å². The lowest BCUT2D eigenvalue weighted by molar-refractivity contribution is -0.134. The van der Waals surface area contributed by atoms with Gasteiger partial charge in [0.15, 0.2) is 0 Å². The van der Waals surface area contributed by atoms with E-state index in [-0.39, 0.29) is 24.6 Å². The predicted octanol–water partition coefficient (Wildman–Crippen LogP) is 1.44. The maximum Gasteiger partial charge on any atom is 0.243 e. The summed E-state index contributed by atoms with van der Waals surface area (Å²) in [6.07, 6.45) is 2.47. The second-order valence-corrected chi connectivity index (χ2v) is 14.2. The topological polar surface area (TPSA) is 154 Å². The van der Waals surface area contributed by atoms with Crippen LogP contribution in [0.3, 0.4) is 0 Å². The van der Waals surface area contributed by atoms with Gasteiger partial charge >= 0.3 is 0 Å². The van der Waals surface area contributed by atoms with Gasteiger partial charge in [0.2, 0.25) is 33.7 Å². The molecule has 13 heteroatoms. The minimum absolute atomic E-state index is 0.210. The van der Waals surface area contributed by atoms with Gasteiger partial charge in [-0.3, -0.25) is 19.2 Å². The molecule has 4 amide bonds. The van der Waals surface area contributed by atoms with E-state index in [0.29, 0.717) is 17.7 Å². The number of carbonyl (C=O) groups excluding carboxylic acids is 4. The summed E-state index contributed by atoms with van der Waals surface area (Å²) in [6.45, 7) is 4.26. The summed E-state index contributed by atoms with van der Waals surface area (Å²) in [5.41, 5.74) is 1.39. The zero-order valence-corrected chi connectivity index (χ0v) is 27.2. The maximum absolute atomic E-state index is 13.8. The SMILES string of the molecule is CSCC[C@@H]1NC(=O)[C@H](C(C)C)NC(=O)CN(S(=O)(=O)Cc2ccccc2)C[C@@H](Cc2ccccc2)NC(=O)[C@H](C)NC1=O. The monoisotopic (exact) mass is 645 g/mol. The van der Waals surface area contributed by atoms with Crippen LogP contribution < -0.4 is 21.3 Å². The van der Waals surface area contributed by atoms with Crippen LogP contribution in [0.25, 0.3) is 0 Å². The number of rotatable bonds is 9. The van der Waals surface area contributed by atoms with E-state index >= 15 is 0 Å². The Bertz CT molecular complexity index is 1370. The molecule has 44 heavy (non-hydrogen) atoms. The van der Waals surface area contributed by atoms with Crippen LogP contribution in [-0.4, -0.2) is 85.6 Å². The van der Waals surface area contributed by atoms with Crippen LogP contribution in [-0.2, 0) is 41.4 Å². The average molecular weight is 646 g/mol. The maximum atomic E-state index is 13.8. The van der Waals surface area contributed by atoms with Gasteiger partial charge in [0, 0.05) is 12.6 Å². The third-order valence-corrected chi connectivity index (χ3v) is 9.67. The molecule has 1 saturated heterocycles. The molecule has 0 aromatic heterocycles. The lowest BCUT2D eigenvalue weighted by Crippen LogP contribution is -2.57. The first-order valence-corrected chi connectivity index (χ1v) is 17.6. The molecule has 0 aliphatic carbocycles. The zero-order chi connectivity index (χ0) is 32.3. The summed E-state index contributed by atoms with van der Waals surface area (Å²) >= 11 is 1.51. The molecule has 2 aromatic rings. The van der Waals surface area contributed by atoms with Gasteiger partial charge in [-0.15, -0.1) is 0 Å². The molecule has 2 aromatic carbocycles. The molecule has 4 N–H and O–H groups in total. The van der Waals surface area contributed by atoms with Gasteiger partial charge in [0.25, 0.3) is 0 Å². The highest BCUT2D eigenvalue weighted by atomic mass is 32.2. The van der Waals surface area contributed by atoms with Crippen molar-refractivity contribution in [2.75, 3.05) is 25.1 Å². The van der Waals surface area contributed by atoms with E-state index in [1.807, 2.05) is 36.6 Å². The minimum Gasteiger partial charge on any atom is -0.350 e. The van der Waals surface area contributed by atoms with Crippen LogP contribution in [0.1, 0.15) is 38.3 Å². The summed E-state index contributed by atoms with van der Waals surface area (Å²) < 4.78 is 28.7. The van der Waals surface area contributed by atoms with Crippen LogP contribution in [0.2, 0.25) is 0 Å². The second kappa shape index (κ2) is 16.6. The van der Waals surface area contributed by atoms with E-state index in [1.165, 1.54) is 18.7 Å². The Labute approximate surface area is 264 Å². The Hall–Kier alpha value is -3.42. The Kier molecular flexibility index (Phi) is 13.2. The number of hydrogen-bond acceptors (Lipinski definition) is 7. The van der Waals surface area contributed by atoms with Crippen molar-refractivity contribution in [2.24, 2.45) is 5.92 Å². The summed E-state index contributed by atoms with van der Waals surface area (Å²) in [6, 6.07) is 14.2. The molecule has 0 bridgehead atoms. The predicted molar refractivity (Wildman–Crippen MR) is 172 cm³/mol. The summed E-state index contributed by atoms with van der Waals surface area (Å²) in [4.78, 5) is 53.4. The quantitative estimate of drug-likeness (QED) is 0.322. The van der Waals surface area contributed by atoms with Crippen LogP contribution in [0.15, 0.2) is 60.7 Å². The van der Waals surface area contributed by atoms with Crippen molar-refractivity contribution >= 4 is 45.4 Å². The molecule has 240 valence electrons. The summed E-state index contributed by atoms with van der Waals surface area (Å²) in [7, 11) is -4.07. The number of benzene rings is 2. The first-order chi connectivity index (χ1) is 20.9. The Balaban J connectivity index is 2.03. The lowest BCUT2D eigenvalue weighted by Gasteiger charge is -2.29. The molecule has 1 heterocycles. The number of hydrogen-bond donors (Lipinski definition) is 4. The molecule has 0 saturated carbocycles. The minimum atomic E-state index is -4.07. The first-order valence-electron chi connectivity index (χ1n) is 14.6. The highest BCUT2D eigenvalue weighted by Gasteiger charge is 2.34. The van der Waals surface area contributed by atoms with Crippen molar-refractivity contribution in [3.05, 3.63) is 71.8 Å². The molecule has 0 unspecified atom stereocenters. The van der Waals surface area contributed by atoms with Gasteiger partial charge in [0.1, 0.15) is 18.1 Å². The fourth-order valence-corrected chi connectivity index (χ4v) is 6.83. The fourth-order valence-electron chi connectivity index (χ4n) is 4.84. The molecular formula is C31H43N5O6S2. The van der Waals surface area contributed by atoms with Crippen molar-refractivity contribution in [1.29, 1.82) is 0 Å². The normalized spacial score (nSPS) is 23.1. The van der Waals surface area contributed by atoms with Crippen LogP contribution in [0.4, 0.5) is 0 Å². The molecule has 0 radical (unpaired) electrons. The van der Waals surface area contributed by atoms with Gasteiger partial charge in [-0.1, -0.05) is 74.5 Å². The van der Waals surface area contributed by atoms with Crippen molar-refractivity contribution in [1.82, 2.24) is 25.6 Å². The molecule has 1 aliphatic heterocycles. The van der Waals surface area contributed by atoms with Crippen molar-refractivity contribution in [3.63, 3.8) is 0 Å². The van der Waals surface area contributed by atoms with Gasteiger partial charge in [0.05, 0.1) is 12.3 Å². The Morgan fingerprint density at radius 1 is 0.841 bits per heavy atom. The number of amides is 4. The lowest BCUT2D eigenvalue weighted by atomic mass is 10.0. The van der Waals surface area contributed by atoms with Crippen LogP contribution >= 0.6 is 11.8 Å². The smallest absolute Gasteiger partial charge is 0.243 e. The molecule has 3 rings (SSSR count). The van der Waals surface area contributed by atoms with E-state index in [9.17, 15) is 27.6 Å². The number of sulfonamides is 1. The standard InChI is InChI=1S/C31H43N5O6S2/c1-21(2)28-31(40)34-26(15-16-43-4)30(39)32-22(3)29(38)33-25(17-23-11-7-5-8-12-23)18-36(19-27(37)35-28)44(41,42)20-24-13-9-6-10-14-24/h5-14,21-22,25-26,28H,15-20H2,1-4H3,(H,32,39)(H,33,38)(H,34,40)(H,35,37)/t22-,25+,26-,28-/m0/s1. The second-order valence-electron chi connectivity index (χ2n) is 11.3. The highest BCUT2D eigenvalue weighted by molar-refractivity contribution is 7.98. The van der Waals surface area contributed by atoms with Gasteiger partial charge in [-0.05, 0) is 48.8 Å².